The molecule has 7 nitrogen and oxygen atoms in total. The first-order valence-electron chi connectivity index (χ1n) is 6.38. The minimum absolute atomic E-state index is 0.255. The molecule has 1 aromatic carbocycles. The third-order valence-corrected chi connectivity index (χ3v) is 4.82. The topological polar surface area (TPSA) is 81.5 Å². The number of carbonyl (C=O) groups excluding carboxylic acids is 1. The van der Waals surface area contributed by atoms with Crippen molar-refractivity contribution in [2.45, 2.75) is 13.8 Å². The smallest absolute Gasteiger partial charge is 0.338 e. The number of fused-ring (bicyclic) bond motifs is 1. The molecule has 1 aromatic heterocycles. The van der Waals surface area contributed by atoms with E-state index in [0.29, 0.717) is 22.4 Å². The summed E-state index contributed by atoms with van der Waals surface area (Å²) in [6.45, 7) is 3.57. The molecule has 0 spiro atoms. The zero-order chi connectivity index (χ0) is 15.8. The summed E-state index contributed by atoms with van der Waals surface area (Å²) in [4.78, 5) is 16.0. The first-order valence-corrected chi connectivity index (χ1v) is 7.78. The van der Waals surface area contributed by atoms with Crippen molar-refractivity contribution >= 4 is 27.2 Å². The molecule has 0 fully saturated rings. The SMILES string of the molecule is CCOC(=O)c1ccc2nc(C)n(S(=O)(=O)N(C)C)c2c1. The van der Waals surface area contributed by atoms with Crippen LogP contribution in [0.15, 0.2) is 18.2 Å². The van der Waals surface area contributed by atoms with E-state index in [9.17, 15) is 13.2 Å². The Morgan fingerprint density at radius 3 is 2.62 bits per heavy atom. The van der Waals surface area contributed by atoms with Gasteiger partial charge in [0, 0.05) is 14.1 Å². The molecule has 0 saturated carbocycles. The molecular formula is C13H17N3O4S. The third-order valence-electron chi connectivity index (χ3n) is 2.97. The Labute approximate surface area is 123 Å². The van der Waals surface area contributed by atoms with Gasteiger partial charge in [0.2, 0.25) is 0 Å². The highest BCUT2D eigenvalue weighted by molar-refractivity contribution is 7.87. The summed E-state index contributed by atoms with van der Waals surface area (Å²) in [5.74, 6) is -0.160. The molecule has 0 amide bonds. The number of rotatable bonds is 4. The Morgan fingerprint density at radius 2 is 2.05 bits per heavy atom. The summed E-state index contributed by atoms with van der Waals surface area (Å²) in [5, 5.41) is 0. The Bertz CT molecular complexity index is 793. The Morgan fingerprint density at radius 1 is 1.38 bits per heavy atom. The van der Waals surface area contributed by atoms with Gasteiger partial charge < -0.3 is 4.74 Å². The quantitative estimate of drug-likeness (QED) is 0.792. The van der Waals surface area contributed by atoms with Crippen LogP contribution in [-0.2, 0) is 14.9 Å². The van der Waals surface area contributed by atoms with Crippen molar-refractivity contribution in [2.75, 3.05) is 20.7 Å². The lowest BCUT2D eigenvalue weighted by molar-refractivity contribution is 0.0526. The molecule has 0 aliphatic rings. The number of aromatic nitrogens is 2. The van der Waals surface area contributed by atoms with E-state index in [1.165, 1.54) is 20.2 Å². The predicted octanol–water partition coefficient (Wildman–Crippen LogP) is 1.18. The lowest BCUT2D eigenvalue weighted by Gasteiger charge is -2.14. The molecule has 0 saturated heterocycles. The van der Waals surface area contributed by atoms with E-state index in [2.05, 4.69) is 4.98 Å². The average Bonchev–Trinajstić information content (AvgIpc) is 2.74. The van der Waals surface area contributed by atoms with E-state index in [1.807, 2.05) is 0 Å². The van der Waals surface area contributed by atoms with Gasteiger partial charge in [0.05, 0.1) is 23.2 Å². The molecule has 114 valence electrons. The van der Waals surface area contributed by atoms with Crippen LogP contribution in [0.3, 0.4) is 0 Å². The molecule has 0 N–H and O–H groups in total. The normalized spacial score (nSPS) is 12.0. The van der Waals surface area contributed by atoms with Crippen LogP contribution in [-0.4, -0.2) is 48.4 Å². The summed E-state index contributed by atoms with van der Waals surface area (Å²) in [6.07, 6.45) is 0. The largest absolute Gasteiger partial charge is 0.462 e. The maximum Gasteiger partial charge on any atom is 0.338 e. The van der Waals surface area contributed by atoms with Crippen LogP contribution in [0.2, 0.25) is 0 Å². The summed E-state index contributed by atoms with van der Waals surface area (Å²) in [7, 11) is -0.830. The van der Waals surface area contributed by atoms with Crippen molar-refractivity contribution in [3.63, 3.8) is 0 Å². The molecule has 0 atom stereocenters. The highest BCUT2D eigenvalue weighted by Crippen LogP contribution is 2.21. The van der Waals surface area contributed by atoms with E-state index in [-0.39, 0.29) is 6.61 Å². The molecule has 2 aromatic rings. The summed E-state index contributed by atoms with van der Waals surface area (Å²) >= 11 is 0. The minimum Gasteiger partial charge on any atom is -0.462 e. The van der Waals surface area contributed by atoms with Crippen LogP contribution < -0.4 is 0 Å². The third kappa shape index (κ3) is 2.64. The number of esters is 1. The van der Waals surface area contributed by atoms with Gasteiger partial charge in [0.15, 0.2) is 0 Å². The van der Waals surface area contributed by atoms with Gasteiger partial charge >= 0.3 is 16.2 Å². The summed E-state index contributed by atoms with van der Waals surface area (Å²) in [6, 6.07) is 4.66. The second-order valence-corrected chi connectivity index (χ2v) is 6.63. The van der Waals surface area contributed by atoms with E-state index < -0.39 is 16.2 Å². The van der Waals surface area contributed by atoms with E-state index in [0.717, 1.165) is 8.28 Å². The van der Waals surface area contributed by atoms with E-state index >= 15 is 0 Å². The maximum atomic E-state index is 12.4. The Hall–Kier alpha value is -1.93. The Kier molecular flexibility index (Phi) is 4.02. The van der Waals surface area contributed by atoms with Gasteiger partial charge in [0.25, 0.3) is 0 Å². The maximum absolute atomic E-state index is 12.4. The zero-order valence-corrected chi connectivity index (χ0v) is 13.1. The fourth-order valence-electron chi connectivity index (χ4n) is 1.97. The number of aryl methyl sites for hydroxylation is 1. The average molecular weight is 311 g/mol. The van der Waals surface area contributed by atoms with Gasteiger partial charge in [-0.15, -0.1) is 0 Å². The monoisotopic (exact) mass is 311 g/mol. The number of hydrogen-bond donors (Lipinski definition) is 0. The number of ether oxygens (including phenoxy) is 1. The van der Waals surface area contributed by atoms with Crippen LogP contribution >= 0.6 is 0 Å². The molecular weight excluding hydrogens is 294 g/mol. The molecule has 0 bridgehead atoms. The lowest BCUT2D eigenvalue weighted by atomic mass is 10.2. The molecule has 2 rings (SSSR count). The summed E-state index contributed by atoms with van der Waals surface area (Å²) < 4.78 is 31.9. The van der Waals surface area contributed by atoms with E-state index in [1.54, 1.807) is 26.0 Å². The number of nitrogens with zero attached hydrogens (tertiary/aromatic N) is 3. The molecule has 21 heavy (non-hydrogen) atoms. The van der Waals surface area contributed by atoms with E-state index in [4.69, 9.17) is 4.74 Å². The summed E-state index contributed by atoms with van der Waals surface area (Å²) in [5.41, 5.74) is 1.15. The fourth-order valence-corrected chi connectivity index (χ4v) is 3.07. The molecule has 1 heterocycles. The van der Waals surface area contributed by atoms with Crippen LogP contribution in [0, 0.1) is 6.92 Å². The second-order valence-electron chi connectivity index (χ2n) is 4.64. The lowest BCUT2D eigenvalue weighted by Crippen LogP contribution is -2.29. The predicted molar refractivity (Wildman–Crippen MR) is 78.4 cm³/mol. The van der Waals surface area contributed by atoms with Crippen molar-refractivity contribution in [1.29, 1.82) is 0 Å². The van der Waals surface area contributed by atoms with Crippen LogP contribution in [0.4, 0.5) is 0 Å². The molecule has 0 unspecified atom stereocenters. The van der Waals surface area contributed by atoms with Crippen molar-refractivity contribution < 1.29 is 17.9 Å². The van der Waals surface area contributed by atoms with Gasteiger partial charge in [-0.2, -0.15) is 12.7 Å². The second kappa shape index (κ2) is 5.45. The number of benzene rings is 1. The van der Waals surface area contributed by atoms with Crippen molar-refractivity contribution in [3.8, 4) is 0 Å². The number of imidazole rings is 1. The van der Waals surface area contributed by atoms with Crippen molar-refractivity contribution in [3.05, 3.63) is 29.6 Å². The van der Waals surface area contributed by atoms with Crippen molar-refractivity contribution in [2.24, 2.45) is 0 Å². The van der Waals surface area contributed by atoms with Gasteiger partial charge in [0.1, 0.15) is 5.82 Å². The minimum atomic E-state index is -3.71. The first kappa shape index (κ1) is 15.5. The van der Waals surface area contributed by atoms with Crippen molar-refractivity contribution in [1.82, 2.24) is 13.3 Å². The molecule has 8 heteroatoms. The molecule has 0 radical (unpaired) electrons. The first-order chi connectivity index (χ1) is 9.78. The van der Waals surface area contributed by atoms with Gasteiger partial charge in [-0.05, 0) is 32.0 Å². The highest BCUT2D eigenvalue weighted by Gasteiger charge is 2.23. The highest BCUT2D eigenvalue weighted by atomic mass is 32.2. The van der Waals surface area contributed by atoms with Gasteiger partial charge in [-0.3, -0.25) is 0 Å². The van der Waals surface area contributed by atoms with Gasteiger partial charge in [-0.25, -0.2) is 13.8 Å². The number of carbonyl (C=O) groups is 1. The standard InChI is InChI=1S/C13H17N3O4S/c1-5-20-13(17)10-6-7-11-12(8-10)16(9(2)14-11)21(18,19)15(3)4/h6-8H,5H2,1-4H3. The van der Waals surface area contributed by atoms with Crippen LogP contribution in [0.1, 0.15) is 23.1 Å². The molecule has 0 aliphatic carbocycles. The Balaban J connectivity index is 2.69. The molecule has 0 aliphatic heterocycles. The van der Waals surface area contributed by atoms with Crippen LogP contribution in [0.5, 0.6) is 0 Å². The fraction of sp³-hybridized carbons (Fsp3) is 0.385. The van der Waals surface area contributed by atoms with Crippen LogP contribution in [0.25, 0.3) is 11.0 Å². The van der Waals surface area contributed by atoms with Gasteiger partial charge in [-0.1, -0.05) is 0 Å². The number of hydrogen-bond acceptors (Lipinski definition) is 5. The zero-order valence-electron chi connectivity index (χ0n) is 12.3.